The molecule has 2 aromatic rings. The summed E-state index contributed by atoms with van der Waals surface area (Å²) in [6.45, 7) is 2.28. The molecule has 1 N–H and O–H groups in total. The number of ether oxygens (including phenoxy) is 2. The molecule has 122 valence electrons. The summed E-state index contributed by atoms with van der Waals surface area (Å²) in [5.74, 6) is -0.409. The molecule has 24 heavy (non-hydrogen) atoms. The third-order valence-electron chi connectivity index (χ3n) is 3.15. The zero-order chi connectivity index (χ0) is 17.4. The number of phenols is 1. The van der Waals surface area contributed by atoms with Gasteiger partial charge in [0.2, 0.25) is 0 Å². The van der Waals surface area contributed by atoms with Gasteiger partial charge in [0.05, 0.1) is 6.61 Å². The number of hydrogen-bond donors (Lipinski definition) is 1. The van der Waals surface area contributed by atoms with Crippen molar-refractivity contribution in [3.8, 4) is 17.6 Å². The predicted octanol–water partition coefficient (Wildman–Crippen LogP) is 3.44. The van der Waals surface area contributed by atoms with E-state index in [4.69, 9.17) is 9.47 Å². The third-order valence-corrected chi connectivity index (χ3v) is 3.15. The van der Waals surface area contributed by atoms with E-state index in [1.54, 1.807) is 19.1 Å². The Balaban J connectivity index is 2.12. The summed E-state index contributed by atoms with van der Waals surface area (Å²) in [5.41, 5.74) is 1.27. The molecule has 0 aliphatic carbocycles. The van der Waals surface area contributed by atoms with Gasteiger partial charge in [-0.1, -0.05) is 36.4 Å². The number of rotatable bonds is 6. The molecule has 0 spiro atoms. The van der Waals surface area contributed by atoms with Gasteiger partial charge in [-0.2, -0.15) is 5.26 Å². The van der Waals surface area contributed by atoms with Gasteiger partial charge >= 0.3 is 5.97 Å². The molecule has 2 rings (SSSR count). The highest BCUT2D eigenvalue weighted by Crippen LogP contribution is 2.27. The quantitative estimate of drug-likeness (QED) is 0.500. The van der Waals surface area contributed by atoms with Crippen molar-refractivity contribution in [3.63, 3.8) is 0 Å². The average molecular weight is 323 g/mol. The van der Waals surface area contributed by atoms with Gasteiger partial charge in [0.25, 0.3) is 0 Å². The number of aromatic hydroxyl groups is 1. The van der Waals surface area contributed by atoms with E-state index in [-0.39, 0.29) is 17.9 Å². The van der Waals surface area contributed by atoms with Crippen molar-refractivity contribution in [1.29, 1.82) is 5.26 Å². The van der Waals surface area contributed by atoms with Crippen LogP contribution in [0.4, 0.5) is 0 Å². The van der Waals surface area contributed by atoms with Crippen molar-refractivity contribution in [1.82, 2.24) is 0 Å². The lowest BCUT2D eigenvalue weighted by Crippen LogP contribution is -2.06. The van der Waals surface area contributed by atoms with E-state index >= 15 is 0 Å². The minimum atomic E-state index is -0.701. The molecular formula is C19H17NO4. The van der Waals surface area contributed by atoms with Gasteiger partial charge in [-0.3, -0.25) is 0 Å². The van der Waals surface area contributed by atoms with E-state index < -0.39 is 5.97 Å². The van der Waals surface area contributed by atoms with Crippen LogP contribution in [0.1, 0.15) is 18.1 Å². The largest absolute Gasteiger partial charge is 0.504 e. The molecule has 0 atom stereocenters. The Morgan fingerprint density at radius 2 is 2.00 bits per heavy atom. The van der Waals surface area contributed by atoms with Crippen molar-refractivity contribution < 1.29 is 19.4 Å². The number of carbonyl (C=O) groups excluding carboxylic acids is 1. The summed E-state index contributed by atoms with van der Waals surface area (Å²) in [4.78, 5) is 12.0. The summed E-state index contributed by atoms with van der Waals surface area (Å²) in [7, 11) is 0. The Hall–Kier alpha value is -3.26. The zero-order valence-electron chi connectivity index (χ0n) is 13.2. The molecule has 0 bridgehead atoms. The minimum absolute atomic E-state index is 0.000776. The molecule has 0 unspecified atom stereocenters. The maximum absolute atomic E-state index is 12.0. The summed E-state index contributed by atoms with van der Waals surface area (Å²) in [5, 5.41) is 18.9. The average Bonchev–Trinajstić information content (AvgIpc) is 2.61. The molecule has 0 aliphatic heterocycles. The van der Waals surface area contributed by atoms with Crippen molar-refractivity contribution in [3.05, 3.63) is 65.2 Å². The van der Waals surface area contributed by atoms with Crippen LogP contribution in [0.2, 0.25) is 0 Å². The zero-order valence-corrected chi connectivity index (χ0v) is 13.2. The monoisotopic (exact) mass is 323 g/mol. The van der Waals surface area contributed by atoms with Crippen LogP contribution in [0.5, 0.6) is 11.5 Å². The van der Waals surface area contributed by atoms with Crippen LogP contribution in [0, 0.1) is 11.3 Å². The van der Waals surface area contributed by atoms with Crippen LogP contribution in [-0.2, 0) is 16.1 Å². The van der Waals surface area contributed by atoms with Gasteiger partial charge in [0.1, 0.15) is 18.2 Å². The second-order valence-electron chi connectivity index (χ2n) is 4.89. The first-order valence-corrected chi connectivity index (χ1v) is 7.42. The van der Waals surface area contributed by atoms with E-state index in [9.17, 15) is 15.2 Å². The fraction of sp³-hybridized carbons (Fsp3) is 0.158. The first kappa shape index (κ1) is 17.1. The van der Waals surface area contributed by atoms with Crippen LogP contribution < -0.4 is 4.74 Å². The third kappa shape index (κ3) is 4.62. The number of nitriles is 1. The van der Waals surface area contributed by atoms with E-state index in [1.165, 1.54) is 12.1 Å². The molecule has 0 fully saturated rings. The smallest absolute Gasteiger partial charge is 0.349 e. The lowest BCUT2D eigenvalue weighted by atomic mass is 10.1. The van der Waals surface area contributed by atoms with Crippen LogP contribution >= 0.6 is 0 Å². The summed E-state index contributed by atoms with van der Waals surface area (Å²) in [6.07, 6.45) is 1.40. The molecule has 0 heterocycles. The molecule has 0 radical (unpaired) electrons. The maximum Gasteiger partial charge on any atom is 0.349 e. The summed E-state index contributed by atoms with van der Waals surface area (Å²) in [6, 6.07) is 15.6. The number of hydrogen-bond acceptors (Lipinski definition) is 5. The first-order chi connectivity index (χ1) is 11.6. The fourth-order valence-corrected chi connectivity index (χ4v) is 2.00. The van der Waals surface area contributed by atoms with Gasteiger partial charge in [-0.05, 0) is 36.3 Å². The first-order valence-electron chi connectivity index (χ1n) is 7.42. The van der Waals surface area contributed by atoms with Crippen molar-refractivity contribution in [2.24, 2.45) is 0 Å². The fourth-order valence-electron chi connectivity index (χ4n) is 2.00. The second kappa shape index (κ2) is 8.39. The summed E-state index contributed by atoms with van der Waals surface area (Å²) >= 11 is 0. The SMILES string of the molecule is CCOc1cc(/C=C(/C#N)C(=O)OCc2ccccc2)ccc1O. The van der Waals surface area contributed by atoms with E-state index in [0.717, 1.165) is 5.56 Å². The predicted molar refractivity (Wildman–Crippen MR) is 89.1 cm³/mol. The van der Waals surface area contributed by atoms with Crippen LogP contribution in [0.15, 0.2) is 54.1 Å². The van der Waals surface area contributed by atoms with E-state index in [0.29, 0.717) is 17.9 Å². The van der Waals surface area contributed by atoms with Crippen LogP contribution in [0.25, 0.3) is 6.08 Å². The lowest BCUT2D eigenvalue weighted by molar-refractivity contribution is -0.139. The van der Waals surface area contributed by atoms with Gasteiger partial charge < -0.3 is 14.6 Å². The van der Waals surface area contributed by atoms with Gasteiger partial charge in [0, 0.05) is 0 Å². The molecule has 5 nitrogen and oxygen atoms in total. The van der Waals surface area contributed by atoms with Crippen LogP contribution in [-0.4, -0.2) is 17.7 Å². The Morgan fingerprint density at radius 3 is 2.67 bits per heavy atom. The Kier molecular flexibility index (Phi) is 5.98. The molecule has 0 aliphatic rings. The lowest BCUT2D eigenvalue weighted by Gasteiger charge is -2.07. The van der Waals surface area contributed by atoms with E-state index in [2.05, 4.69) is 0 Å². The number of carbonyl (C=O) groups is 1. The van der Waals surface area contributed by atoms with Crippen molar-refractivity contribution in [2.45, 2.75) is 13.5 Å². The molecule has 5 heteroatoms. The molecule has 0 amide bonds. The molecular weight excluding hydrogens is 306 g/mol. The normalized spacial score (nSPS) is 10.8. The molecule has 0 saturated carbocycles. The highest BCUT2D eigenvalue weighted by Gasteiger charge is 2.12. The number of benzene rings is 2. The topological polar surface area (TPSA) is 79.5 Å². The van der Waals surface area contributed by atoms with E-state index in [1.807, 2.05) is 36.4 Å². The molecule has 0 aromatic heterocycles. The Labute approximate surface area is 140 Å². The Morgan fingerprint density at radius 1 is 1.25 bits per heavy atom. The number of phenolic OH excluding ortho intramolecular Hbond substituents is 1. The Bertz CT molecular complexity index is 776. The minimum Gasteiger partial charge on any atom is -0.504 e. The second-order valence-corrected chi connectivity index (χ2v) is 4.89. The van der Waals surface area contributed by atoms with Crippen LogP contribution in [0.3, 0.4) is 0 Å². The van der Waals surface area contributed by atoms with Crippen molar-refractivity contribution >= 4 is 12.0 Å². The number of esters is 1. The molecule has 0 saturated heterocycles. The van der Waals surface area contributed by atoms with Gasteiger partial charge in [-0.25, -0.2) is 4.79 Å². The number of nitrogens with zero attached hydrogens (tertiary/aromatic N) is 1. The standard InChI is InChI=1S/C19H17NO4/c1-2-23-18-11-15(8-9-17(18)21)10-16(12-20)19(22)24-13-14-6-4-3-5-7-14/h3-11,21H,2,13H2,1H3/b16-10-. The maximum atomic E-state index is 12.0. The van der Waals surface area contributed by atoms with Gasteiger partial charge in [-0.15, -0.1) is 0 Å². The van der Waals surface area contributed by atoms with Gasteiger partial charge in [0.15, 0.2) is 11.5 Å². The molecule has 2 aromatic carbocycles. The highest BCUT2D eigenvalue weighted by molar-refractivity contribution is 5.97. The summed E-state index contributed by atoms with van der Waals surface area (Å²) < 4.78 is 10.4. The highest BCUT2D eigenvalue weighted by atomic mass is 16.5. The van der Waals surface area contributed by atoms with Crippen molar-refractivity contribution in [2.75, 3.05) is 6.61 Å².